The summed E-state index contributed by atoms with van der Waals surface area (Å²) >= 11 is 0. The van der Waals surface area contributed by atoms with Gasteiger partial charge < -0.3 is 25.8 Å². The van der Waals surface area contributed by atoms with Crippen LogP contribution in [-0.2, 0) is 9.59 Å². The van der Waals surface area contributed by atoms with Crippen molar-refractivity contribution in [1.82, 2.24) is 9.88 Å². The third kappa shape index (κ3) is 4.51. The summed E-state index contributed by atoms with van der Waals surface area (Å²) < 4.78 is 4.97. The van der Waals surface area contributed by atoms with Crippen LogP contribution in [0, 0.1) is 5.92 Å². The molecule has 158 valence electrons. The zero-order valence-corrected chi connectivity index (χ0v) is 16.8. The van der Waals surface area contributed by atoms with E-state index in [0.29, 0.717) is 13.0 Å². The Morgan fingerprint density at radius 3 is 2.57 bits per heavy atom. The van der Waals surface area contributed by atoms with Crippen molar-refractivity contribution in [2.75, 3.05) is 19.0 Å². The lowest BCUT2D eigenvalue weighted by molar-refractivity contribution is -0.146. The number of nitrogens with two attached hydrogens (primary N) is 1. The molecule has 1 fully saturated rings. The number of phenols is 1. The number of aromatic hydroxyl groups is 1. The first-order valence-electron chi connectivity index (χ1n) is 9.55. The number of hydrogen-bond acceptors (Lipinski definition) is 6. The average molecular weight is 412 g/mol. The number of amides is 3. The molecular formula is C21H24N4O5. The quantitative estimate of drug-likeness (QED) is 0.656. The maximum Gasteiger partial charge on any atom is 0.313 e. The number of ether oxygens (including phenoxy) is 1. The van der Waals surface area contributed by atoms with E-state index in [0.717, 1.165) is 12.0 Å². The summed E-state index contributed by atoms with van der Waals surface area (Å²) in [4.78, 5) is 42.7. The minimum Gasteiger partial charge on any atom is -0.508 e. The number of pyridine rings is 1. The van der Waals surface area contributed by atoms with Crippen LogP contribution in [0.15, 0.2) is 36.5 Å². The molecule has 3 rings (SSSR count). The predicted molar refractivity (Wildman–Crippen MR) is 109 cm³/mol. The van der Waals surface area contributed by atoms with E-state index in [1.165, 1.54) is 19.4 Å². The van der Waals surface area contributed by atoms with Crippen molar-refractivity contribution < 1.29 is 24.2 Å². The van der Waals surface area contributed by atoms with Crippen molar-refractivity contribution in [2.45, 2.75) is 25.8 Å². The first-order chi connectivity index (χ1) is 14.3. The summed E-state index contributed by atoms with van der Waals surface area (Å²) in [6.45, 7) is 2.46. The maximum atomic E-state index is 13.0. The number of carbonyl (C=O) groups excluding carboxylic acids is 3. The van der Waals surface area contributed by atoms with Crippen LogP contribution in [0.25, 0.3) is 0 Å². The van der Waals surface area contributed by atoms with Crippen LogP contribution in [0.1, 0.15) is 41.7 Å². The van der Waals surface area contributed by atoms with E-state index in [4.69, 9.17) is 10.5 Å². The third-order valence-electron chi connectivity index (χ3n) is 5.12. The fraction of sp³-hybridized carbons (Fsp3) is 0.333. The van der Waals surface area contributed by atoms with E-state index in [-0.39, 0.29) is 34.8 Å². The second-order valence-electron chi connectivity index (χ2n) is 7.35. The molecule has 1 aromatic heterocycles. The average Bonchev–Trinajstić information content (AvgIpc) is 2.73. The van der Waals surface area contributed by atoms with Crippen molar-refractivity contribution in [3.63, 3.8) is 0 Å². The molecule has 0 aliphatic carbocycles. The molecule has 9 heteroatoms. The van der Waals surface area contributed by atoms with Crippen LogP contribution in [0.5, 0.6) is 11.6 Å². The Bertz CT molecular complexity index is 960. The fourth-order valence-electron chi connectivity index (χ4n) is 3.59. The number of aromatic nitrogens is 1. The largest absolute Gasteiger partial charge is 0.508 e. The topological polar surface area (TPSA) is 135 Å². The monoisotopic (exact) mass is 412 g/mol. The molecule has 2 atom stereocenters. The molecule has 0 bridgehead atoms. The predicted octanol–water partition coefficient (Wildman–Crippen LogP) is 1.83. The highest BCUT2D eigenvalue weighted by molar-refractivity contribution is 6.39. The number of anilines is 1. The van der Waals surface area contributed by atoms with Crippen molar-refractivity contribution in [3.8, 4) is 11.6 Å². The summed E-state index contributed by atoms with van der Waals surface area (Å²) in [5.41, 5.74) is 6.32. The van der Waals surface area contributed by atoms with Gasteiger partial charge in [-0.15, -0.1) is 0 Å². The molecule has 2 heterocycles. The molecule has 0 radical (unpaired) electrons. The maximum absolute atomic E-state index is 13.0. The van der Waals surface area contributed by atoms with Gasteiger partial charge in [-0.2, -0.15) is 0 Å². The molecule has 4 N–H and O–H groups in total. The summed E-state index contributed by atoms with van der Waals surface area (Å²) in [7, 11) is 1.34. The number of carbonyl (C=O) groups is 3. The first-order valence-corrected chi connectivity index (χ1v) is 9.55. The highest BCUT2D eigenvalue weighted by Gasteiger charge is 2.34. The summed E-state index contributed by atoms with van der Waals surface area (Å²) in [5, 5.41) is 12.0. The van der Waals surface area contributed by atoms with E-state index >= 15 is 0 Å². The van der Waals surface area contributed by atoms with Crippen LogP contribution in [0.2, 0.25) is 0 Å². The van der Waals surface area contributed by atoms with E-state index in [1.54, 1.807) is 29.2 Å². The number of hydrogen-bond donors (Lipinski definition) is 3. The second kappa shape index (κ2) is 8.81. The number of nitrogens with one attached hydrogen (secondary N) is 1. The number of nitrogens with zero attached hydrogens (tertiary/aromatic N) is 2. The lowest BCUT2D eigenvalue weighted by Gasteiger charge is -2.38. The van der Waals surface area contributed by atoms with Crippen molar-refractivity contribution in [3.05, 3.63) is 47.7 Å². The minimum absolute atomic E-state index is 0.00341. The molecule has 1 saturated heterocycles. The number of piperidine rings is 1. The SMILES string of the molecule is COc1ncc(NC(=O)C(=O)N2C[C@H](C)CC[C@H]2c2ccc(O)cc2)cc1C(N)=O. The Balaban J connectivity index is 1.80. The van der Waals surface area contributed by atoms with Gasteiger partial charge >= 0.3 is 11.8 Å². The van der Waals surface area contributed by atoms with Crippen LogP contribution in [0.3, 0.4) is 0 Å². The molecule has 3 amide bonds. The van der Waals surface area contributed by atoms with Gasteiger partial charge in [0.1, 0.15) is 11.3 Å². The number of benzene rings is 1. The highest BCUT2D eigenvalue weighted by Crippen LogP contribution is 2.34. The number of primary amides is 1. The molecule has 30 heavy (non-hydrogen) atoms. The van der Waals surface area contributed by atoms with Gasteiger partial charge in [-0.25, -0.2) is 4.98 Å². The van der Waals surface area contributed by atoms with Gasteiger partial charge in [-0.1, -0.05) is 19.1 Å². The fourth-order valence-corrected chi connectivity index (χ4v) is 3.59. The highest BCUT2D eigenvalue weighted by atomic mass is 16.5. The van der Waals surface area contributed by atoms with Gasteiger partial charge in [-0.05, 0) is 42.5 Å². The molecule has 1 aromatic carbocycles. The van der Waals surface area contributed by atoms with Gasteiger partial charge in [0.05, 0.1) is 25.0 Å². The van der Waals surface area contributed by atoms with E-state index in [1.807, 2.05) is 6.92 Å². The number of likely N-dealkylation sites (tertiary alicyclic amines) is 1. The van der Waals surface area contributed by atoms with Crippen LogP contribution >= 0.6 is 0 Å². The smallest absolute Gasteiger partial charge is 0.313 e. The van der Waals surface area contributed by atoms with Gasteiger partial charge in [0.15, 0.2) is 0 Å². The molecule has 9 nitrogen and oxygen atoms in total. The Morgan fingerprint density at radius 2 is 1.93 bits per heavy atom. The summed E-state index contributed by atoms with van der Waals surface area (Å²) in [5.74, 6) is -1.87. The van der Waals surface area contributed by atoms with Crippen molar-refractivity contribution in [2.24, 2.45) is 11.7 Å². The third-order valence-corrected chi connectivity index (χ3v) is 5.12. The summed E-state index contributed by atoms with van der Waals surface area (Å²) in [6.07, 6.45) is 2.91. The lowest BCUT2D eigenvalue weighted by atomic mass is 9.90. The molecule has 1 aliphatic heterocycles. The first kappa shape index (κ1) is 21.1. The standard InChI is InChI=1S/C21H24N4O5/c1-12-3-8-17(13-4-6-15(26)7-5-13)25(11-12)21(29)19(28)24-14-9-16(18(22)27)20(30-2)23-10-14/h4-7,9-10,12,17,26H,3,8,11H2,1-2H3,(H2,22,27)(H,24,28)/t12-,17+/m1/s1. The molecule has 0 spiro atoms. The van der Waals surface area contributed by atoms with Gasteiger partial charge in [0.25, 0.3) is 5.91 Å². The van der Waals surface area contributed by atoms with Gasteiger partial charge in [0, 0.05) is 6.54 Å². The second-order valence-corrected chi connectivity index (χ2v) is 7.35. The Labute approximate surface area is 173 Å². The minimum atomic E-state index is -0.838. The van der Waals surface area contributed by atoms with E-state index in [2.05, 4.69) is 10.3 Å². The zero-order valence-electron chi connectivity index (χ0n) is 16.8. The van der Waals surface area contributed by atoms with Gasteiger partial charge in [0.2, 0.25) is 5.88 Å². The Hall–Kier alpha value is -3.62. The van der Waals surface area contributed by atoms with Crippen molar-refractivity contribution in [1.29, 1.82) is 0 Å². The van der Waals surface area contributed by atoms with Crippen LogP contribution < -0.4 is 15.8 Å². The van der Waals surface area contributed by atoms with E-state index in [9.17, 15) is 19.5 Å². The number of phenolic OH excluding ortho intramolecular Hbond substituents is 1. The molecular weight excluding hydrogens is 388 g/mol. The van der Waals surface area contributed by atoms with Crippen LogP contribution in [-0.4, -0.2) is 46.4 Å². The van der Waals surface area contributed by atoms with Gasteiger partial charge in [-0.3, -0.25) is 14.4 Å². The molecule has 2 aromatic rings. The van der Waals surface area contributed by atoms with Crippen molar-refractivity contribution >= 4 is 23.4 Å². The molecule has 1 aliphatic rings. The zero-order chi connectivity index (χ0) is 21.8. The lowest BCUT2D eigenvalue weighted by Crippen LogP contribution is -2.46. The molecule has 0 saturated carbocycles. The number of rotatable bonds is 4. The number of methoxy groups -OCH3 is 1. The Morgan fingerprint density at radius 1 is 1.23 bits per heavy atom. The van der Waals surface area contributed by atoms with E-state index < -0.39 is 17.7 Å². The normalized spacial score (nSPS) is 18.5. The molecule has 0 unspecified atom stereocenters. The Kier molecular flexibility index (Phi) is 6.20. The van der Waals surface area contributed by atoms with Crippen LogP contribution in [0.4, 0.5) is 5.69 Å². The summed E-state index contributed by atoms with van der Waals surface area (Å²) in [6, 6.07) is 7.67.